The number of aromatic nitrogens is 3. The number of benzene rings is 1. The Balaban J connectivity index is 1.20. The van der Waals surface area contributed by atoms with Crippen LogP contribution in [0.25, 0.3) is 5.69 Å². The van der Waals surface area contributed by atoms with Crippen molar-refractivity contribution in [3.63, 3.8) is 0 Å². The zero-order chi connectivity index (χ0) is 24.3. The maximum atomic E-state index is 13.1. The maximum absolute atomic E-state index is 13.1. The van der Waals surface area contributed by atoms with Gasteiger partial charge in [-0.1, -0.05) is 11.3 Å². The normalized spacial score (nSPS) is 27.9. The van der Waals surface area contributed by atoms with Gasteiger partial charge in [0.1, 0.15) is 6.04 Å². The van der Waals surface area contributed by atoms with Gasteiger partial charge >= 0.3 is 0 Å². The highest BCUT2D eigenvalue weighted by Gasteiger charge is 2.46. The number of aliphatic hydroxyl groups excluding tert-OH is 1. The minimum atomic E-state index is -0.673. The van der Waals surface area contributed by atoms with Crippen LogP contribution in [-0.2, 0) is 16.1 Å². The predicted octanol–water partition coefficient (Wildman–Crippen LogP) is 0.263. The van der Waals surface area contributed by atoms with Crippen LogP contribution in [0.3, 0.4) is 0 Å². The lowest BCUT2D eigenvalue weighted by Crippen LogP contribution is -2.52. The van der Waals surface area contributed by atoms with Crippen molar-refractivity contribution in [1.82, 2.24) is 30.1 Å². The lowest BCUT2D eigenvalue weighted by Gasteiger charge is -2.38. The number of hydrogen-bond donors (Lipinski definition) is 2. The van der Waals surface area contributed by atoms with Gasteiger partial charge in [-0.2, -0.15) is 0 Å². The summed E-state index contributed by atoms with van der Waals surface area (Å²) in [7, 11) is 0. The summed E-state index contributed by atoms with van der Waals surface area (Å²) >= 11 is 0. The molecule has 2 bridgehead atoms. The third-order valence-electron chi connectivity index (χ3n) is 7.92. The molecular formula is C24H26N6O5. The van der Waals surface area contributed by atoms with E-state index >= 15 is 0 Å². The molecule has 182 valence electrons. The third-order valence-corrected chi connectivity index (χ3v) is 7.92. The fourth-order valence-electron chi connectivity index (χ4n) is 6.09. The number of amides is 4. The van der Waals surface area contributed by atoms with Crippen molar-refractivity contribution in [2.24, 2.45) is 11.3 Å². The van der Waals surface area contributed by atoms with Gasteiger partial charge in [-0.15, -0.1) is 5.10 Å². The Kier molecular flexibility index (Phi) is 4.99. The van der Waals surface area contributed by atoms with Crippen LogP contribution in [0, 0.1) is 11.3 Å². The van der Waals surface area contributed by atoms with Crippen LogP contribution in [0.1, 0.15) is 58.5 Å². The second-order valence-electron chi connectivity index (χ2n) is 10.2. The van der Waals surface area contributed by atoms with Gasteiger partial charge in [0.25, 0.3) is 11.8 Å². The van der Waals surface area contributed by atoms with E-state index in [2.05, 4.69) is 15.6 Å². The molecule has 4 amide bonds. The van der Waals surface area contributed by atoms with Crippen LogP contribution in [-0.4, -0.2) is 79.3 Å². The molecule has 4 heterocycles. The smallest absolute Gasteiger partial charge is 0.276 e. The zero-order valence-corrected chi connectivity index (χ0v) is 19.1. The van der Waals surface area contributed by atoms with Crippen molar-refractivity contribution in [3.8, 4) is 5.69 Å². The molecule has 2 aromatic rings. The third kappa shape index (κ3) is 3.61. The maximum Gasteiger partial charge on any atom is 0.276 e. The minimum Gasteiger partial charge on any atom is -0.396 e. The van der Waals surface area contributed by atoms with Gasteiger partial charge in [-0.25, -0.2) is 4.68 Å². The fourth-order valence-corrected chi connectivity index (χ4v) is 6.09. The SMILES string of the molecule is O=C1CCC(N2Cc3ccc(-n4cc(C(=O)N5CC6CCC(CO)(C6)C5)nn4)cc3C2=O)C(=O)N1. The van der Waals surface area contributed by atoms with Crippen molar-refractivity contribution in [1.29, 1.82) is 0 Å². The Morgan fingerprint density at radius 2 is 2.09 bits per heavy atom. The van der Waals surface area contributed by atoms with E-state index in [9.17, 15) is 24.3 Å². The van der Waals surface area contributed by atoms with Crippen LogP contribution >= 0.6 is 0 Å². The largest absolute Gasteiger partial charge is 0.396 e. The first-order chi connectivity index (χ1) is 16.9. The van der Waals surface area contributed by atoms with Gasteiger partial charge < -0.3 is 14.9 Å². The van der Waals surface area contributed by atoms with E-state index in [0.29, 0.717) is 43.2 Å². The molecule has 2 N–H and O–H groups in total. The van der Waals surface area contributed by atoms with Gasteiger partial charge in [-0.3, -0.25) is 24.5 Å². The van der Waals surface area contributed by atoms with Crippen LogP contribution in [0.2, 0.25) is 0 Å². The molecule has 35 heavy (non-hydrogen) atoms. The average Bonchev–Trinajstić information content (AvgIpc) is 3.55. The highest BCUT2D eigenvalue weighted by atomic mass is 16.3. The number of fused-ring (bicyclic) bond motifs is 3. The van der Waals surface area contributed by atoms with E-state index in [4.69, 9.17) is 0 Å². The van der Waals surface area contributed by atoms with Gasteiger partial charge in [-0.05, 0) is 49.3 Å². The lowest BCUT2D eigenvalue weighted by atomic mass is 9.83. The van der Waals surface area contributed by atoms with E-state index in [-0.39, 0.29) is 41.9 Å². The molecule has 4 aliphatic rings. The van der Waals surface area contributed by atoms with Crippen LogP contribution in [0.4, 0.5) is 0 Å². The molecule has 0 spiro atoms. The van der Waals surface area contributed by atoms with E-state index in [1.165, 1.54) is 9.58 Å². The summed E-state index contributed by atoms with van der Waals surface area (Å²) in [6.45, 7) is 1.57. The number of carbonyl (C=O) groups excluding carboxylic acids is 4. The summed E-state index contributed by atoms with van der Waals surface area (Å²) < 4.78 is 1.47. The summed E-state index contributed by atoms with van der Waals surface area (Å²) in [4.78, 5) is 53.2. The molecule has 11 heteroatoms. The van der Waals surface area contributed by atoms with E-state index < -0.39 is 11.9 Å². The predicted molar refractivity (Wildman–Crippen MR) is 120 cm³/mol. The van der Waals surface area contributed by atoms with Crippen LogP contribution in [0.5, 0.6) is 0 Å². The lowest BCUT2D eigenvalue weighted by molar-refractivity contribution is -0.136. The van der Waals surface area contributed by atoms with Crippen molar-refractivity contribution < 1.29 is 24.3 Å². The molecule has 0 radical (unpaired) electrons. The van der Waals surface area contributed by atoms with Crippen LogP contribution in [0.15, 0.2) is 24.4 Å². The van der Waals surface area contributed by atoms with Crippen molar-refractivity contribution in [2.75, 3.05) is 19.7 Å². The molecule has 1 aromatic carbocycles. The summed E-state index contributed by atoms with van der Waals surface area (Å²) in [6.07, 6.45) is 4.98. The number of carbonyl (C=O) groups is 4. The van der Waals surface area contributed by atoms with Crippen molar-refractivity contribution in [3.05, 3.63) is 41.2 Å². The number of hydrogen-bond acceptors (Lipinski definition) is 7. The molecule has 3 atom stereocenters. The number of aliphatic hydroxyl groups is 1. The van der Waals surface area contributed by atoms with Gasteiger partial charge in [0.05, 0.1) is 18.5 Å². The molecule has 11 nitrogen and oxygen atoms in total. The van der Waals surface area contributed by atoms with Crippen molar-refractivity contribution >= 4 is 23.6 Å². The minimum absolute atomic E-state index is 0.0823. The van der Waals surface area contributed by atoms with E-state index in [0.717, 1.165) is 24.8 Å². The van der Waals surface area contributed by atoms with Crippen LogP contribution < -0.4 is 5.32 Å². The van der Waals surface area contributed by atoms with Gasteiger partial charge in [0.2, 0.25) is 11.8 Å². The van der Waals surface area contributed by atoms with E-state index in [1.54, 1.807) is 23.2 Å². The molecule has 1 aliphatic carbocycles. The first-order valence-corrected chi connectivity index (χ1v) is 12.0. The Morgan fingerprint density at radius 3 is 2.89 bits per heavy atom. The molecular weight excluding hydrogens is 452 g/mol. The molecule has 3 fully saturated rings. The van der Waals surface area contributed by atoms with Gasteiger partial charge in [0.15, 0.2) is 5.69 Å². The Morgan fingerprint density at radius 1 is 1.23 bits per heavy atom. The van der Waals surface area contributed by atoms with Gasteiger partial charge in [0, 0.05) is 37.0 Å². The number of piperidine rings is 2. The number of nitrogens with one attached hydrogen (secondary N) is 1. The summed E-state index contributed by atoms with van der Waals surface area (Å²) in [5.74, 6) is -0.841. The Bertz CT molecular complexity index is 1260. The fraction of sp³-hybridized carbons (Fsp3) is 0.500. The molecule has 1 saturated carbocycles. The monoisotopic (exact) mass is 478 g/mol. The highest BCUT2D eigenvalue weighted by molar-refractivity contribution is 6.05. The number of nitrogens with zero attached hydrogens (tertiary/aromatic N) is 5. The number of rotatable bonds is 4. The van der Waals surface area contributed by atoms with Crippen molar-refractivity contribution in [2.45, 2.75) is 44.7 Å². The quantitative estimate of drug-likeness (QED) is 0.602. The summed E-state index contributed by atoms with van der Waals surface area (Å²) in [5.41, 5.74) is 1.85. The second-order valence-corrected chi connectivity index (χ2v) is 10.2. The number of likely N-dealkylation sites (tertiary alicyclic amines) is 1. The topological polar surface area (TPSA) is 138 Å². The molecule has 6 rings (SSSR count). The average molecular weight is 479 g/mol. The molecule has 2 saturated heterocycles. The molecule has 1 aromatic heterocycles. The first kappa shape index (κ1) is 21.9. The Hall–Kier alpha value is -3.60. The first-order valence-electron chi connectivity index (χ1n) is 12.0. The molecule has 3 aliphatic heterocycles. The zero-order valence-electron chi connectivity index (χ0n) is 19.1. The Labute approximate surface area is 201 Å². The van der Waals surface area contributed by atoms with E-state index in [1.807, 2.05) is 6.07 Å². The number of imide groups is 1. The molecule has 3 unspecified atom stereocenters. The summed E-state index contributed by atoms with van der Waals surface area (Å²) in [5, 5.41) is 20.4. The standard InChI is InChI=1S/C24H26N6O5/c31-13-24-6-5-14(8-24)9-28(12-24)23(35)18-11-30(27-26-18)16-2-1-15-10-29(22(34)17(15)7-16)19-3-4-20(32)25-21(19)33/h1-2,7,11,14,19,31H,3-6,8-10,12-13H2,(H,25,32,33). The highest BCUT2D eigenvalue weighted by Crippen LogP contribution is 2.46. The second kappa shape index (κ2) is 7.98. The summed E-state index contributed by atoms with van der Waals surface area (Å²) in [6, 6.07) is 4.62.